The summed E-state index contributed by atoms with van der Waals surface area (Å²) < 4.78 is 68.3. The van der Waals surface area contributed by atoms with E-state index in [1.165, 1.54) is 24.3 Å². The van der Waals surface area contributed by atoms with Gasteiger partial charge in [-0.3, -0.25) is 0 Å². The number of hydrogen-bond donors (Lipinski definition) is 4. The minimum atomic E-state index is -4.53. The Kier molecular flexibility index (Phi) is 11.6. The third-order valence-corrected chi connectivity index (χ3v) is 13.0. The number of H-pyrrole nitrogens is 4. The van der Waals surface area contributed by atoms with Crippen molar-refractivity contribution in [1.29, 1.82) is 0 Å². The maximum absolute atomic E-state index is 11.4. The van der Waals surface area contributed by atoms with Gasteiger partial charge in [0.25, 0.3) is 0 Å². The largest absolute Gasteiger partial charge is 2.00 e. The van der Waals surface area contributed by atoms with Crippen LogP contribution in [0.1, 0.15) is 45.6 Å². The van der Waals surface area contributed by atoms with Crippen LogP contribution >= 0.6 is 0 Å². The molecule has 339 valence electrons. The fraction of sp³-hybridized carbons (Fsp3) is 0. The second-order valence-electron chi connectivity index (χ2n) is 16.1. The number of aromatic nitrogens is 8. The van der Waals surface area contributed by atoms with Crippen LogP contribution in [-0.4, -0.2) is 65.8 Å². The van der Waals surface area contributed by atoms with Gasteiger partial charge in [0, 0.05) is 55.3 Å². The fourth-order valence-corrected chi connectivity index (χ4v) is 9.12. The second kappa shape index (κ2) is 17.9. The van der Waals surface area contributed by atoms with Crippen LogP contribution in [0, 0.1) is 0 Å². The summed E-state index contributed by atoms with van der Waals surface area (Å²) in [6, 6.07) is 39.6. The molecule has 16 bridgehead atoms. The van der Waals surface area contributed by atoms with Crippen LogP contribution < -0.4 is 0 Å². The number of rotatable bonds is 4. The molecule has 0 atom stereocenters. The molecule has 1 radical (unpaired) electrons. The van der Waals surface area contributed by atoms with Gasteiger partial charge in [0.15, 0.2) is 0 Å². The zero-order valence-electron chi connectivity index (χ0n) is 35.7. The molecular formula is C52H34CoN8O6S2. The first-order valence-electron chi connectivity index (χ1n) is 21.1. The Morgan fingerprint density at radius 3 is 0.783 bits per heavy atom. The third kappa shape index (κ3) is 9.72. The summed E-state index contributed by atoms with van der Waals surface area (Å²) in [5.41, 5.74) is 16.3. The molecule has 17 heteroatoms. The predicted molar refractivity (Wildman–Crippen MR) is 265 cm³/mol. The predicted octanol–water partition coefficient (Wildman–Crippen LogP) is 10.5. The van der Waals surface area contributed by atoms with E-state index in [0.717, 1.165) is 78.0 Å². The maximum atomic E-state index is 11.4. The number of fused-ring (bicyclic) bond motifs is 16. The van der Waals surface area contributed by atoms with Crippen molar-refractivity contribution < 1.29 is 42.7 Å². The van der Waals surface area contributed by atoms with Crippen LogP contribution in [0.4, 0.5) is 0 Å². The summed E-state index contributed by atoms with van der Waals surface area (Å²) in [6.07, 6.45) is 15.3. The zero-order chi connectivity index (χ0) is 46.6. The molecule has 6 aromatic heterocycles. The van der Waals surface area contributed by atoms with Gasteiger partial charge in [-0.05, 0) is 169 Å². The van der Waals surface area contributed by atoms with E-state index in [1.54, 1.807) is 24.3 Å². The molecule has 4 aliphatic rings. The van der Waals surface area contributed by atoms with Crippen molar-refractivity contribution in [2.24, 2.45) is 0 Å². The molecule has 69 heavy (non-hydrogen) atoms. The van der Waals surface area contributed by atoms with Crippen LogP contribution in [0.3, 0.4) is 0 Å². The van der Waals surface area contributed by atoms with Crippen molar-refractivity contribution in [2.75, 3.05) is 0 Å². The van der Waals surface area contributed by atoms with Gasteiger partial charge in [0.2, 0.25) is 0 Å². The summed E-state index contributed by atoms with van der Waals surface area (Å²) in [7, 11) is -9.07. The van der Waals surface area contributed by atoms with Gasteiger partial charge in [-0.25, -0.2) is 36.8 Å². The first-order valence-corrected chi connectivity index (χ1v) is 23.9. The first kappa shape index (κ1) is 44.8. The molecule has 0 saturated carbocycles. The Balaban J connectivity index is 0.000000158. The Bertz CT molecular complexity index is 3640. The summed E-state index contributed by atoms with van der Waals surface area (Å²) in [6.45, 7) is 0. The third-order valence-electron chi connectivity index (χ3n) is 11.3. The van der Waals surface area contributed by atoms with Gasteiger partial charge in [0.05, 0.1) is 55.3 Å². The maximum Gasteiger partial charge on any atom is 2.00 e. The van der Waals surface area contributed by atoms with Gasteiger partial charge >= 0.3 is 16.8 Å². The molecule has 0 unspecified atom stereocenters. The topological polar surface area (TPSA) is 229 Å². The van der Waals surface area contributed by atoms with Crippen LogP contribution in [0.15, 0.2) is 143 Å². The Labute approximate surface area is 404 Å². The van der Waals surface area contributed by atoms with E-state index in [1.807, 2.05) is 134 Å². The standard InChI is InChI=1S/2C26H18N4O3S.Co/c2*31-34(32,33)23-9-1-16(2-10-23)26-24-11-7-21(29-24)14-19-5-3-17(27-19)13-18-4-6-20(28-18)15-22-8-12-25(26)30-22;/h2*1-15,27-28H,(H,31,32,33);/q;;+2/p-2. The average Bonchev–Trinajstić information content (AvgIpc) is 4.16. The summed E-state index contributed by atoms with van der Waals surface area (Å²) in [5.74, 6) is 0. The Morgan fingerprint density at radius 1 is 0.319 bits per heavy atom. The van der Waals surface area contributed by atoms with Crippen LogP contribution in [-0.2, 0) is 37.0 Å². The molecule has 0 amide bonds. The van der Waals surface area contributed by atoms with Gasteiger partial charge in [-0.1, -0.05) is 24.3 Å². The van der Waals surface area contributed by atoms with E-state index in [-0.39, 0.29) is 26.6 Å². The number of nitrogens with one attached hydrogen (secondary N) is 4. The van der Waals surface area contributed by atoms with E-state index in [2.05, 4.69) is 19.9 Å². The molecule has 2 aromatic carbocycles. The van der Waals surface area contributed by atoms with Gasteiger partial charge in [-0.15, -0.1) is 0 Å². The summed E-state index contributed by atoms with van der Waals surface area (Å²) in [4.78, 5) is 32.1. The minimum absolute atomic E-state index is 0. The molecular weight excluding hydrogens is 956 g/mol. The van der Waals surface area contributed by atoms with Gasteiger partial charge in [-0.2, -0.15) is 0 Å². The molecule has 4 N–H and O–H groups in total. The SMILES string of the molecule is O=S(=O)([O-])c1ccc(-c2c3nc(cc4ccc(cc5ccc(cc6nc2C=C6)[nH]5)[nH]4)C=C3)cc1.O=S(=O)([O-])c1ccc(-c2c3nc(cc4ccc(cc5ccc(cc6nc2C=C6)[nH]5)[nH]4)C=C3)cc1.[Co+2]. The van der Waals surface area contributed by atoms with Gasteiger partial charge < -0.3 is 29.0 Å². The molecule has 12 rings (SSSR count). The number of benzene rings is 2. The number of nitrogens with zero attached hydrogens (tertiary/aromatic N) is 4. The molecule has 0 fully saturated rings. The van der Waals surface area contributed by atoms with E-state index in [0.29, 0.717) is 33.9 Å². The van der Waals surface area contributed by atoms with Crippen molar-refractivity contribution in [2.45, 2.75) is 9.79 Å². The first-order chi connectivity index (χ1) is 32.8. The smallest absolute Gasteiger partial charge is 0.744 e. The van der Waals surface area contributed by atoms with E-state index < -0.39 is 20.2 Å². The van der Waals surface area contributed by atoms with Crippen LogP contribution in [0.2, 0.25) is 0 Å². The van der Waals surface area contributed by atoms with Gasteiger partial charge in [0.1, 0.15) is 20.2 Å². The van der Waals surface area contributed by atoms with Crippen LogP contribution in [0.5, 0.6) is 0 Å². The molecule has 8 aromatic rings. The van der Waals surface area contributed by atoms with Crippen molar-refractivity contribution in [3.8, 4) is 22.3 Å². The average molecular weight is 990 g/mol. The molecule has 0 spiro atoms. The number of hydrogen-bond acceptors (Lipinski definition) is 10. The zero-order valence-corrected chi connectivity index (χ0v) is 38.4. The van der Waals surface area contributed by atoms with E-state index in [9.17, 15) is 25.9 Å². The Hall–Kier alpha value is -8.03. The number of aromatic amines is 4. The monoisotopic (exact) mass is 989 g/mol. The second-order valence-corrected chi connectivity index (χ2v) is 18.8. The van der Waals surface area contributed by atoms with Crippen molar-refractivity contribution >= 4 is 113 Å². The van der Waals surface area contributed by atoms with E-state index >= 15 is 0 Å². The Morgan fingerprint density at radius 2 is 0.551 bits per heavy atom. The molecule has 0 aliphatic carbocycles. The summed E-state index contributed by atoms with van der Waals surface area (Å²) in [5, 5.41) is 0. The summed E-state index contributed by atoms with van der Waals surface area (Å²) >= 11 is 0. The molecule has 14 nitrogen and oxygen atoms in total. The van der Waals surface area contributed by atoms with E-state index in [4.69, 9.17) is 19.9 Å². The molecule has 4 aliphatic heterocycles. The molecule has 0 saturated heterocycles. The van der Waals surface area contributed by atoms with Crippen molar-refractivity contribution in [3.63, 3.8) is 0 Å². The normalized spacial score (nSPS) is 12.7. The van der Waals surface area contributed by atoms with Crippen LogP contribution in [0.25, 0.3) is 115 Å². The van der Waals surface area contributed by atoms with Crippen molar-refractivity contribution in [3.05, 3.63) is 179 Å². The quantitative estimate of drug-likeness (QED) is 0.122. The minimum Gasteiger partial charge on any atom is -0.744 e. The van der Waals surface area contributed by atoms with Crippen molar-refractivity contribution in [1.82, 2.24) is 39.9 Å². The molecule has 10 heterocycles. The fourth-order valence-electron chi connectivity index (χ4n) is 8.18.